The first-order valence-electron chi connectivity index (χ1n) is 7.39. The summed E-state index contributed by atoms with van der Waals surface area (Å²) in [7, 11) is 0. The Morgan fingerprint density at radius 3 is 2.59 bits per heavy atom. The number of amides is 1. The smallest absolute Gasteiger partial charge is 0.329 e. The highest BCUT2D eigenvalue weighted by Gasteiger charge is 2.43. The van der Waals surface area contributed by atoms with Gasteiger partial charge in [0.05, 0.1) is 5.56 Å². The number of carboxylic acid groups (broad SMARTS) is 1. The second-order valence-corrected chi connectivity index (χ2v) is 6.67. The van der Waals surface area contributed by atoms with Gasteiger partial charge in [0.2, 0.25) is 0 Å². The van der Waals surface area contributed by atoms with Crippen LogP contribution in [0.15, 0.2) is 22.7 Å². The first-order chi connectivity index (χ1) is 10.4. The molecule has 0 atom stereocenters. The topological polar surface area (TPSA) is 66.4 Å². The molecule has 0 aliphatic heterocycles. The fraction of sp³-hybridized carbons (Fsp3) is 0.500. The molecule has 1 aromatic carbocycles. The lowest BCUT2D eigenvalue weighted by molar-refractivity contribution is -0.146. The highest BCUT2D eigenvalue weighted by atomic mass is 79.9. The Balaban J connectivity index is 2.20. The fourth-order valence-corrected chi connectivity index (χ4v) is 3.35. The van der Waals surface area contributed by atoms with Gasteiger partial charge in [0.15, 0.2) is 0 Å². The lowest BCUT2D eigenvalue weighted by Gasteiger charge is -2.37. The molecule has 22 heavy (non-hydrogen) atoms. The molecule has 2 rings (SSSR count). The Hall–Kier alpha value is -1.43. The zero-order chi connectivity index (χ0) is 16.3. The number of carbonyl (C=O) groups is 2. The summed E-state index contributed by atoms with van der Waals surface area (Å²) in [6, 6.07) is 3.78. The molecule has 1 aliphatic rings. The largest absolute Gasteiger partial charge is 0.480 e. The Bertz CT molecular complexity index is 583. The van der Waals surface area contributed by atoms with Gasteiger partial charge in [-0.3, -0.25) is 4.79 Å². The molecule has 1 saturated carbocycles. The molecule has 1 aromatic rings. The molecule has 2 N–H and O–H groups in total. The Morgan fingerprint density at radius 2 is 2.05 bits per heavy atom. The second-order valence-electron chi connectivity index (χ2n) is 5.82. The normalized spacial score (nSPS) is 24.8. The molecule has 120 valence electrons. The number of carboxylic acids is 1. The van der Waals surface area contributed by atoms with Crippen molar-refractivity contribution in [2.75, 3.05) is 0 Å². The van der Waals surface area contributed by atoms with Gasteiger partial charge < -0.3 is 10.4 Å². The molecule has 1 fully saturated rings. The van der Waals surface area contributed by atoms with E-state index in [4.69, 9.17) is 0 Å². The second kappa shape index (κ2) is 6.77. The maximum Gasteiger partial charge on any atom is 0.329 e. The van der Waals surface area contributed by atoms with Crippen LogP contribution in [0.1, 0.15) is 49.4 Å². The molecular weight excluding hydrogens is 353 g/mol. The first-order valence-corrected chi connectivity index (χ1v) is 8.18. The summed E-state index contributed by atoms with van der Waals surface area (Å²) in [5, 5.41) is 12.2. The van der Waals surface area contributed by atoms with Crippen molar-refractivity contribution in [2.24, 2.45) is 5.92 Å². The number of halogens is 2. The molecule has 0 unspecified atom stereocenters. The standard InChI is InChI=1S/C16H19BrFNO3/c1-2-10-5-7-16(8-6-10,15(21)22)19-14(20)12-9-11(18)3-4-13(12)17/h3-4,9-10H,2,5-8H2,1H3,(H,19,20)(H,21,22). The number of rotatable bonds is 4. The number of nitrogens with one attached hydrogen (secondary N) is 1. The predicted molar refractivity (Wildman–Crippen MR) is 84.2 cm³/mol. The van der Waals surface area contributed by atoms with Crippen molar-refractivity contribution in [3.8, 4) is 0 Å². The van der Waals surface area contributed by atoms with E-state index in [0.29, 0.717) is 23.2 Å². The van der Waals surface area contributed by atoms with Gasteiger partial charge >= 0.3 is 5.97 Å². The summed E-state index contributed by atoms with van der Waals surface area (Å²) >= 11 is 3.20. The van der Waals surface area contributed by atoms with Crippen LogP contribution in [0.5, 0.6) is 0 Å². The molecule has 0 aromatic heterocycles. The first kappa shape index (κ1) is 16.9. The van der Waals surface area contributed by atoms with E-state index in [1.807, 2.05) is 0 Å². The van der Waals surface area contributed by atoms with Gasteiger partial charge in [-0.15, -0.1) is 0 Å². The van der Waals surface area contributed by atoms with Crippen LogP contribution >= 0.6 is 15.9 Å². The van der Waals surface area contributed by atoms with Gasteiger partial charge in [0.1, 0.15) is 11.4 Å². The van der Waals surface area contributed by atoms with Crippen LogP contribution in [-0.4, -0.2) is 22.5 Å². The molecule has 0 saturated heterocycles. The highest BCUT2D eigenvalue weighted by Crippen LogP contribution is 2.34. The van der Waals surface area contributed by atoms with Crippen molar-refractivity contribution in [3.05, 3.63) is 34.1 Å². The third kappa shape index (κ3) is 3.48. The van der Waals surface area contributed by atoms with Gasteiger partial charge in [-0.2, -0.15) is 0 Å². The summed E-state index contributed by atoms with van der Waals surface area (Å²) in [4.78, 5) is 24.1. The number of hydrogen-bond acceptors (Lipinski definition) is 2. The van der Waals surface area contributed by atoms with Crippen molar-refractivity contribution < 1.29 is 19.1 Å². The van der Waals surface area contributed by atoms with Crippen molar-refractivity contribution >= 4 is 27.8 Å². The van der Waals surface area contributed by atoms with E-state index < -0.39 is 23.2 Å². The van der Waals surface area contributed by atoms with Crippen LogP contribution in [0.3, 0.4) is 0 Å². The van der Waals surface area contributed by atoms with Crippen LogP contribution < -0.4 is 5.32 Å². The van der Waals surface area contributed by atoms with Crippen LogP contribution in [-0.2, 0) is 4.79 Å². The minimum atomic E-state index is -1.26. The van der Waals surface area contributed by atoms with Crippen LogP contribution in [0.2, 0.25) is 0 Å². The lowest BCUT2D eigenvalue weighted by Crippen LogP contribution is -2.56. The van der Waals surface area contributed by atoms with Crippen LogP contribution in [0.25, 0.3) is 0 Å². The Labute approximate surface area is 137 Å². The van der Waals surface area contributed by atoms with E-state index in [1.165, 1.54) is 12.1 Å². The van der Waals surface area contributed by atoms with Gasteiger partial charge in [0, 0.05) is 4.47 Å². The number of hydrogen-bond donors (Lipinski definition) is 2. The minimum absolute atomic E-state index is 0.109. The summed E-state index contributed by atoms with van der Waals surface area (Å²) in [6.45, 7) is 2.08. The summed E-state index contributed by atoms with van der Waals surface area (Å²) in [5.41, 5.74) is -1.15. The zero-order valence-corrected chi connectivity index (χ0v) is 14.0. The Morgan fingerprint density at radius 1 is 1.41 bits per heavy atom. The van der Waals surface area contributed by atoms with Crippen LogP contribution in [0.4, 0.5) is 4.39 Å². The Kier molecular flexibility index (Phi) is 5.21. The molecular formula is C16H19BrFNO3. The molecule has 0 heterocycles. The zero-order valence-electron chi connectivity index (χ0n) is 12.4. The van der Waals surface area contributed by atoms with E-state index in [2.05, 4.69) is 28.2 Å². The van der Waals surface area contributed by atoms with Crippen LogP contribution in [0, 0.1) is 11.7 Å². The summed E-state index contributed by atoms with van der Waals surface area (Å²) in [5.74, 6) is -1.62. The maximum atomic E-state index is 13.3. The van der Waals surface area contributed by atoms with Gasteiger partial charge in [-0.05, 0) is 65.7 Å². The van der Waals surface area contributed by atoms with Gasteiger partial charge in [-0.1, -0.05) is 13.3 Å². The molecule has 0 bridgehead atoms. The van der Waals surface area contributed by atoms with Crippen molar-refractivity contribution in [1.82, 2.24) is 5.32 Å². The third-order valence-electron chi connectivity index (χ3n) is 4.47. The van der Waals surface area contributed by atoms with Crippen molar-refractivity contribution in [1.29, 1.82) is 0 Å². The molecule has 1 amide bonds. The van der Waals surface area contributed by atoms with E-state index in [0.717, 1.165) is 25.3 Å². The summed E-state index contributed by atoms with van der Waals surface area (Å²) in [6.07, 6.45) is 3.36. The van der Waals surface area contributed by atoms with E-state index >= 15 is 0 Å². The molecule has 0 radical (unpaired) electrons. The quantitative estimate of drug-likeness (QED) is 0.846. The fourth-order valence-electron chi connectivity index (χ4n) is 2.93. The molecule has 1 aliphatic carbocycles. The average molecular weight is 372 g/mol. The number of benzene rings is 1. The SMILES string of the molecule is CCC1CCC(NC(=O)c2cc(F)ccc2Br)(C(=O)O)CC1. The van der Waals surface area contributed by atoms with Gasteiger partial charge in [0.25, 0.3) is 5.91 Å². The monoisotopic (exact) mass is 371 g/mol. The number of carbonyl (C=O) groups excluding carboxylic acids is 1. The average Bonchev–Trinajstić information content (AvgIpc) is 2.50. The lowest BCUT2D eigenvalue weighted by atomic mass is 9.75. The van der Waals surface area contributed by atoms with E-state index in [1.54, 1.807) is 0 Å². The van der Waals surface area contributed by atoms with E-state index in [9.17, 15) is 19.1 Å². The predicted octanol–water partition coefficient (Wildman–Crippen LogP) is 3.74. The molecule has 4 nitrogen and oxygen atoms in total. The van der Waals surface area contributed by atoms with Crippen molar-refractivity contribution in [2.45, 2.75) is 44.6 Å². The molecule has 0 spiro atoms. The minimum Gasteiger partial charge on any atom is -0.480 e. The van der Waals surface area contributed by atoms with Gasteiger partial charge in [-0.25, -0.2) is 9.18 Å². The maximum absolute atomic E-state index is 13.3. The third-order valence-corrected chi connectivity index (χ3v) is 5.16. The number of aliphatic carboxylic acids is 1. The molecule has 6 heteroatoms. The van der Waals surface area contributed by atoms with Crippen molar-refractivity contribution in [3.63, 3.8) is 0 Å². The highest BCUT2D eigenvalue weighted by molar-refractivity contribution is 9.10. The summed E-state index contributed by atoms with van der Waals surface area (Å²) < 4.78 is 13.8. The van der Waals surface area contributed by atoms with E-state index in [-0.39, 0.29) is 5.56 Å².